The highest BCUT2D eigenvalue weighted by Gasteiger charge is 2.15. The summed E-state index contributed by atoms with van der Waals surface area (Å²) in [7, 11) is 0. The second kappa shape index (κ2) is 6.76. The highest BCUT2D eigenvalue weighted by Crippen LogP contribution is 2.30. The fourth-order valence-corrected chi connectivity index (χ4v) is 2.26. The Labute approximate surface area is 109 Å². The number of benzene rings is 1. The summed E-state index contributed by atoms with van der Waals surface area (Å²) in [6.07, 6.45) is -0.0728. The summed E-state index contributed by atoms with van der Waals surface area (Å²) < 4.78 is 5.57. The summed E-state index contributed by atoms with van der Waals surface area (Å²) in [5.41, 5.74) is 3.49. The third-order valence-corrected chi connectivity index (χ3v) is 3.23. The Bertz CT molecular complexity index is 388. The molecule has 0 aliphatic rings. The highest BCUT2D eigenvalue weighted by molar-refractivity contribution is 5.43. The summed E-state index contributed by atoms with van der Waals surface area (Å²) in [6.45, 7) is 8.62. The van der Waals surface area contributed by atoms with Crippen molar-refractivity contribution in [3.63, 3.8) is 0 Å². The quantitative estimate of drug-likeness (QED) is 0.818. The first-order valence-corrected chi connectivity index (χ1v) is 6.52. The summed E-state index contributed by atoms with van der Waals surface area (Å²) in [6, 6.07) is 4.17. The minimum absolute atomic E-state index is 0.181. The molecule has 0 bridgehead atoms. The topological polar surface area (TPSA) is 49.7 Å². The van der Waals surface area contributed by atoms with Crippen molar-refractivity contribution in [3.8, 4) is 5.75 Å². The molecule has 0 aliphatic carbocycles. The lowest BCUT2D eigenvalue weighted by atomic mass is 9.90. The molecule has 0 amide bonds. The van der Waals surface area contributed by atoms with Gasteiger partial charge in [-0.2, -0.15) is 0 Å². The Morgan fingerprint density at radius 1 is 1.22 bits per heavy atom. The van der Waals surface area contributed by atoms with Gasteiger partial charge in [0.05, 0.1) is 19.3 Å². The number of aryl methyl sites for hydroxylation is 2. The minimum atomic E-state index is -0.647. The third-order valence-electron chi connectivity index (χ3n) is 3.23. The molecule has 0 saturated heterocycles. The van der Waals surface area contributed by atoms with E-state index in [0.717, 1.165) is 11.3 Å². The second-order valence-corrected chi connectivity index (χ2v) is 4.88. The molecular weight excluding hydrogens is 228 g/mol. The van der Waals surface area contributed by atoms with Crippen LogP contribution in [0.5, 0.6) is 5.75 Å². The first-order valence-electron chi connectivity index (χ1n) is 6.52. The van der Waals surface area contributed by atoms with Crippen molar-refractivity contribution in [2.45, 2.75) is 46.1 Å². The smallest absolute Gasteiger partial charge is 0.122 e. The molecule has 0 aliphatic heterocycles. The molecule has 0 fully saturated rings. The maximum atomic E-state index is 9.51. The minimum Gasteiger partial charge on any atom is -0.494 e. The number of aliphatic hydroxyl groups is 2. The van der Waals surface area contributed by atoms with Crippen LogP contribution < -0.4 is 4.74 Å². The van der Waals surface area contributed by atoms with Gasteiger partial charge in [0.15, 0.2) is 0 Å². The van der Waals surface area contributed by atoms with Crippen LogP contribution in [0.1, 0.15) is 42.9 Å². The fraction of sp³-hybridized carbons (Fsp3) is 0.600. The predicted molar refractivity (Wildman–Crippen MR) is 73.2 cm³/mol. The average molecular weight is 252 g/mol. The van der Waals surface area contributed by atoms with E-state index in [1.807, 2.05) is 13.8 Å². The summed E-state index contributed by atoms with van der Waals surface area (Å²) >= 11 is 0. The van der Waals surface area contributed by atoms with Crippen molar-refractivity contribution in [2.24, 2.45) is 0 Å². The summed E-state index contributed by atoms with van der Waals surface area (Å²) in [5.74, 6) is 1.15. The maximum Gasteiger partial charge on any atom is 0.122 e. The molecule has 0 aromatic heterocycles. The van der Waals surface area contributed by atoms with Gasteiger partial charge in [0.1, 0.15) is 5.75 Å². The van der Waals surface area contributed by atoms with E-state index in [1.54, 1.807) is 0 Å². The van der Waals surface area contributed by atoms with Crippen LogP contribution in [0.3, 0.4) is 0 Å². The molecule has 2 N–H and O–H groups in total. The lowest BCUT2D eigenvalue weighted by molar-refractivity contribution is 0.0835. The normalized spacial score (nSPS) is 14.3. The number of hydrogen-bond acceptors (Lipinski definition) is 3. The van der Waals surface area contributed by atoms with E-state index in [9.17, 15) is 5.11 Å². The first kappa shape index (κ1) is 15.0. The van der Waals surface area contributed by atoms with Gasteiger partial charge in [-0.25, -0.2) is 0 Å². The molecular formula is C15H24O3. The van der Waals surface area contributed by atoms with Crippen molar-refractivity contribution in [3.05, 3.63) is 28.8 Å². The molecule has 1 aromatic carbocycles. The van der Waals surface area contributed by atoms with Gasteiger partial charge in [-0.05, 0) is 55.9 Å². The van der Waals surface area contributed by atoms with Crippen molar-refractivity contribution in [1.29, 1.82) is 0 Å². The standard InChI is InChI=1S/C15H24O3/c1-5-18-15-8-11(3)14(7-12(15)4)10(2)6-13(17)9-16/h7-8,10,13,16-17H,5-6,9H2,1-4H3. The summed E-state index contributed by atoms with van der Waals surface area (Å²) in [5, 5.41) is 18.4. The Morgan fingerprint density at radius 2 is 1.89 bits per heavy atom. The van der Waals surface area contributed by atoms with Gasteiger partial charge in [-0.3, -0.25) is 0 Å². The zero-order valence-electron chi connectivity index (χ0n) is 11.7. The molecule has 1 aromatic rings. The second-order valence-electron chi connectivity index (χ2n) is 4.88. The van der Waals surface area contributed by atoms with Gasteiger partial charge in [-0.15, -0.1) is 0 Å². The lowest BCUT2D eigenvalue weighted by Gasteiger charge is -2.19. The molecule has 1 rings (SSSR count). The molecule has 3 nitrogen and oxygen atoms in total. The predicted octanol–water partition coefficient (Wildman–Crippen LogP) is 2.55. The van der Waals surface area contributed by atoms with E-state index < -0.39 is 6.10 Å². The van der Waals surface area contributed by atoms with Crippen LogP contribution in [0.4, 0.5) is 0 Å². The molecule has 102 valence electrons. The number of aliphatic hydroxyl groups excluding tert-OH is 2. The lowest BCUT2D eigenvalue weighted by Crippen LogP contribution is -2.15. The van der Waals surface area contributed by atoms with E-state index in [-0.39, 0.29) is 12.5 Å². The van der Waals surface area contributed by atoms with Gasteiger partial charge in [0.25, 0.3) is 0 Å². The number of hydrogen-bond donors (Lipinski definition) is 2. The van der Waals surface area contributed by atoms with Crippen molar-refractivity contribution in [2.75, 3.05) is 13.2 Å². The van der Waals surface area contributed by atoms with Crippen LogP contribution in [0.25, 0.3) is 0 Å². The van der Waals surface area contributed by atoms with Crippen molar-refractivity contribution >= 4 is 0 Å². The zero-order chi connectivity index (χ0) is 13.7. The summed E-state index contributed by atoms with van der Waals surface area (Å²) in [4.78, 5) is 0. The number of ether oxygens (including phenoxy) is 1. The van der Waals surface area contributed by atoms with Crippen LogP contribution in [-0.2, 0) is 0 Å². The van der Waals surface area contributed by atoms with Gasteiger partial charge < -0.3 is 14.9 Å². The van der Waals surface area contributed by atoms with Crippen LogP contribution in [0.2, 0.25) is 0 Å². The van der Waals surface area contributed by atoms with Crippen LogP contribution >= 0.6 is 0 Å². The fourth-order valence-electron chi connectivity index (χ4n) is 2.26. The number of rotatable bonds is 6. The monoisotopic (exact) mass is 252 g/mol. The van der Waals surface area contributed by atoms with E-state index in [1.165, 1.54) is 11.1 Å². The van der Waals surface area contributed by atoms with Crippen molar-refractivity contribution < 1.29 is 14.9 Å². The average Bonchev–Trinajstić information content (AvgIpc) is 2.33. The molecule has 2 unspecified atom stereocenters. The van der Waals surface area contributed by atoms with E-state index in [2.05, 4.69) is 26.0 Å². The van der Waals surface area contributed by atoms with Crippen molar-refractivity contribution in [1.82, 2.24) is 0 Å². The molecule has 2 atom stereocenters. The highest BCUT2D eigenvalue weighted by atomic mass is 16.5. The van der Waals surface area contributed by atoms with E-state index >= 15 is 0 Å². The van der Waals surface area contributed by atoms with E-state index in [0.29, 0.717) is 13.0 Å². The Balaban J connectivity index is 2.92. The van der Waals surface area contributed by atoms with Crippen LogP contribution in [-0.4, -0.2) is 29.5 Å². The molecule has 0 heterocycles. The van der Waals surface area contributed by atoms with Gasteiger partial charge in [0.2, 0.25) is 0 Å². The molecule has 0 spiro atoms. The SMILES string of the molecule is CCOc1cc(C)c(C(C)CC(O)CO)cc1C. The molecule has 18 heavy (non-hydrogen) atoms. The third kappa shape index (κ3) is 3.72. The zero-order valence-corrected chi connectivity index (χ0v) is 11.7. The van der Waals surface area contributed by atoms with E-state index in [4.69, 9.17) is 9.84 Å². The van der Waals surface area contributed by atoms with Crippen LogP contribution in [0.15, 0.2) is 12.1 Å². The van der Waals surface area contributed by atoms with Gasteiger partial charge in [0, 0.05) is 0 Å². The van der Waals surface area contributed by atoms with Gasteiger partial charge >= 0.3 is 0 Å². The largest absolute Gasteiger partial charge is 0.494 e. The Morgan fingerprint density at radius 3 is 2.44 bits per heavy atom. The first-order chi connectivity index (χ1) is 8.49. The molecule has 0 radical (unpaired) electrons. The molecule has 3 heteroatoms. The molecule has 0 saturated carbocycles. The maximum absolute atomic E-state index is 9.51. The Hall–Kier alpha value is -1.06. The van der Waals surface area contributed by atoms with Crippen LogP contribution in [0, 0.1) is 13.8 Å². The Kier molecular flexibility index (Phi) is 5.63. The van der Waals surface area contributed by atoms with Gasteiger partial charge in [-0.1, -0.05) is 13.0 Å².